The first-order valence-electron chi connectivity index (χ1n) is 7.04. The quantitative estimate of drug-likeness (QED) is 0.333. The van der Waals surface area contributed by atoms with E-state index in [1.807, 2.05) is 62.4 Å². The van der Waals surface area contributed by atoms with Crippen molar-refractivity contribution in [1.82, 2.24) is 0 Å². The van der Waals surface area contributed by atoms with Crippen molar-refractivity contribution in [3.8, 4) is 0 Å². The van der Waals surface area contributed by atoms with Gasteiger partial charge in [-0.25, -0.2) is 0 Å². The molecular formula is C18H18O2SSe. The Labute approximate surface area is 142 Å². The first-order chi connectivity index (χ1) is 10.7. The third kappa shape index (κ3) is 5.06. The van der Waals surface area contributed by atoms with Gasteiger partial charge in [0.15, 0.2) is 0 Å². The molecule has 4 heteroatoms. The summed E-state index contributed by atoms with van der Waals surface area (Å²) in [5, 5.41) is 0. The molecule has 2 aromatic carbocycles. The van der Waals surface area contributed by atoms with Crippen LogP contribution in [0.3, 0.4) is 0 Å². The summed E-state index contributed by atoms with van der Waals surface area (Å²) in [6, 6.07) is 20.2. The van der Waals surface area contributed by atoms with Crippen molar-refractivity contribution in [2.45, 2.75) is 18.7 Å². The van der Waals surface area contributed by atoms with E-state index < -0.39 is 0 Å². The molecule has 2 aromatic rings. The maximum atomic E-state index is 12.3. The summed E-state index contributed by atoms with van der Waals surface area (Å²) in [5.41, 5.74) is 0. The molecular weight excluding hydrogens is 359 g/mol. The van der Waals surface area contributed by atoms with Gasteiger partial charge in [0.2, 0.25) is 0 Å². The summed E-state index contributed by atoms with van der Waals surface area (Å²) in [5.74, 6) is -0.230. The molecule has 0 bridgehead atoms. The SMILES string of the molecule is CCOC(=O)/C(Sc1ccccc1)=C(/C)[Se]c1ccccc1. The van der Waals surface area contributed by atoms with E-state index in [0.717, 1.165) is 9.37 Å². The number of benzene rings is 2. The van der Waals surface area contributed by atoms with E-state index in [4.69, 9.17) is 4.74 Å². The van der Waals surface area contributed by atoms with Crippen molar-refractivity contribution < 1.29 is 9.53 Å². The molecule has 2 rings (SSSR count). The average Bonchev–Trinajstić information content (AvgIpc) is 2.54. The number of rotatable bonds is 6. The van der Waals surface area contributed by atoms with Gasteiger partial charge in [0, 0.05) is 0 Å². The molecule has 0 saturated heterocycles. The van der Waals surface area contributed by atoms with Gasteiger partial charge >= 0.3 is 142 Å². The zero-order chi connectivity index (χ0) is 15.8. The molecule has 0 unspecified atom stereocenters. The van der Waals surface area contributed by atoms with Crippen LogP contribution in [0.4, 0.5) is 0 Å². The van der Waals surface area contributed by atoms with Crippen LogP contribution in [0.2, 0.25) is 0 Å². The first-order valence-corrected chi connectivity index (χ1v) is 9.57. The molecule has 0 aromatic heterocycles. The van der Waals surface area contributed by atoms with E-state index in [0.29, 0.717) is 11.5 Å². The van der Waals surface area contributed by atoms with E-state index in [-0.39, 0.29) is 20.9 Å². The number of thioether (sulfide) groups is 1. The Hall–Kier alpha value is -1.48. The standard InChI is InChI=1S/C18H18O2SSe/c1-3-20-18(19)17(21-15-10-6-4-7-11-15)14(2)22-16-12-8-5-9-13-16/h4-13H,3H2,1-2H3/b17-14+. The first kappa shape index (κ1) is 16.9. The Kier molecular flexibility index (Phi) is 6.78. The second kappa shape index (κ2) is 8.84. The Bertz CT molecular complexity index is 639. The Morgan fingerprint density at radius 2 is 1.64 bits per heavy atom. The number of carbonyl (C=O) groups is 1. The summed E-state index contributed by atoms with van der Waals surface area (Å²) < 4.78 is 7.57. The molecule has 0 aliphatic rings. The predicted octanol–water partition coefficient (Wildman–Crippen LogP) is 3.60. The van der Waals surface area contributed by atoms with Crippen LogP contribution < -0.4 is 4.46 Å². The zero-order valence-electron chi connectivity index (χ0n) is 12.6. The molecule has 0 fully saturated rings. The summed E-state index contributed by atoms with van der Waals surface area (Å²) in [7, 11) is 0. The summed E-state index contributed by atoms with van der Waals surface area (Å²) in [6.07, 6.45) is 0. The Balaban J connectivity index is 2.25. The minimum absolute atomic E-state index is 0.116. The van der Waals surface area contributed by atoms with Gasteiger partial charge in [0.05, 0.1) is 0 Å². The van der Waals surface area contributed by atoms with Crippen LogP contribution in [0.5, 0.6) is 0 Å². The fourth-order valence-electron chi connectivity index (χ4n) is 1.77. The number of hydrogen-bond donors (Lipinski definition) is 0. The van der Waals surface area contributed by atoms with E-state index in [9.17, 15) is 4.79 Å². The molecule has 0 N–H and O–H groups in total. The van der Waals surface area contributed by atoms with Crippen molar-refractivity contribution >= 4 is 37.1 Å². The zero-order valence-corrected chi connectivity index (χ0v) is 15.1. The Morgan fingerprint density at radius 3 is 2.23 bits per heavy atom. The topological polar surface area (TPSA) is 26.3 Å². The molecule has 0 aliphatic carbocycles. The normalized spacial score (nSPS) is 11.7. The second-order valence-electron chi connectivity index (χ2n) is 4.44. The van der Waals surface area contributed by atoms with Gasteiger partial charge in [-0.3, -0.25) is 0 Å². The van der Waals surface area contributed by atoms with Crippen molar-refractivity contribution in [3.63, 3.8) is 0 Å². The molecule has 0 spiro atoms. The summed E-state index contributed by atoms with van der Waals surface area (Å²) in [6.45, 7) is 4.25. The molecule has 114 valence electrons. The third-order valence-electron chi connectivity index (χ3n) is 2.76. The fraction of sp³-hybridized carbons (Fsp3) is 0.167. The fourth-order valence-corrected chi connectivity index (χ4v) is 4.79. The molecule has 22 heavy (non-hydrogen) atoms. The maximum absolute atomic E-state index is 12.3. The van der Waals surface area contributed by atoms with Crippen LogP contribution in [0.1, 0.15) is 13.8 Å². The van der Waals surface area contributed by atoms with E-state index in [2.05, 4.69) is 12.1 Å². The molecule has 0 atom stereocenters. The van der Waals surface area contributed by atoms with Gasteiger partial charge in [-0.05, 0) is 0 Å². The number of allylic oxidation sites excluding steroid dienone is 1. The van der Waals surface area contributed by atoms with Crippen molar-refractivity contribution in [2.75, 3.05) is 6.61 Å². The molecule has 0 radical (unpaired) electrons. The van der Waals surface area contributed by atoms with Gasteiger partial charge in [-0.2, -0.15) is 0 Å². The molecule has 0 heterocycles. The van der Waals surface area contributed by atoms with Crippen molar-refractivity contribution in [1.29, 1.82) is 0 Å². The number of carbonyl (C=O) groups excluding carboxylic acids is 1. The number of ether oxygens (including phenoxy) is 1. The monoisotopic (exact) mass is 378 g/mol. The average molecular weight is 377 g/mol. The van der Waals surface area contributed by atoms with Gasteiger partial charge < -0.3 is 0 Å². The van der Waals surface area contributed by atoms with Crippen molar-refractivity contribution in [3.05, 3.63) is 70.0 Å². The van der Waals surface area contributed by atoms with E-state index >= 15 is 0 Å². The number of esters is 1. The van der Waals surface area contributed by atoms with Gasteiger partial charge in [0.1, 0.15) is 0 Å². The van der Waals surface area contributed by atoms with Gasteiger partial charge in [-0.1, -0.05) is 0 Å². The number of hydrogen-bond acceptors (Lipinski definition) is 3. The van der Waals surface area contributed by atoms with E-state index in [1.165, 1.54) is 16.2 Å². The van der Waals surface area contributed by atoms with Crippen LogP contribution in [-0.4, -0.2) is 27.5 Å². The second-order valence-corrected chi connectivity index (χ2v) is 8.22. The van der Waals surface area contributed by atoms with Crippen LogP contribution in [0.25, 0.3) is 0 Å². The van der Waals surface area contributed by atoms with Gasteiger partial charge in [-0.15, -0.1) is 0 Å². The molecule has 0 aliphatic heterocycles. The minimum atomic E-state index is -0.230. The van der Waals surface area contributed by atoms with Crippen molar-refractivity contribution in [2.24, 2.45) is 0 Å². The molecule has 0 saturated carbocycles. The summed E-state index contributed by atoms with van der Waals surface area (Å²) in [4.78, 5) is 14.0. The van der Waals surface area contributed by atoms with Crippen LogP contribution in [0.15, 0.2) is 74.9 Å². The van der Waals surface area contributed by atoms with Crippen LogP contribution >= 0.6 is 11.8 Å². The Morgan fingerprint density at radius 1 is 1.05 bits per heavy atom. The predicted molar refractivity (Wildman–Crippen MR) is 93.5 cm³/mol. The van der Waals surface area contributed by atoms with Crippen LogP contribution in [-0.2, 0) is 9.53 Å². The van der Waals surface area contributed by atoms with Crippen LogP contribution in [0, 0.1) is 0 Å². The molecule has 0 amide bonds. The molecule has 2 nitrogen and oxygen atoms in total. The van der Waals surface area contributed by atoms with Gasteiger partial charge in [0.25, 0.3) is 0 Å². The van der Waals surface area contributed by atoms with E-state index in [1.54, 1.807) is 0 Å². The summed E-state index contributed by atoms with van der Waals surface area (Å²) >= 11 is 1.60. The third-order valence-corrected chi connectivity index (χ3v) is 6.37.